The van der Waals surface area contributed by atoms with Crippen molar-refractivity contribution < 1.29 is 14.6 Å². The van der Waals surface area contributed by atoms with E-state index in [2.05, 4.69) is 5.92 Å². The molecule has 3 nitrogen and oxygen atoms in total. The Bertz CT molecular complexity index is 469. The minimum absolute atomic E-state index is 0.287. The van der Waals surface area contributed by atoms with E-state index < -0.39 is 5.97 Å². The molecule has 1 N–H and O–H groups in total. The number of terminal acetylenes is 1. The maximum Gasteiger partial charge on any atom is 0.335 e. The van der Waals surface area contributed by atoms with Crippen LogP contribution in [0.2, 0.25) is 0 Å². The second kappa shape index (κ2) is 4.28. The van der Waals surface area contributed by atoms with Crippen molar-refractivity contribution in [1.82, 2.24) is 0 Å². The van der Waals surface area contributed by atoms with Crippen LogP contribution in [0.5, 0.6) is 5.75 Å². The van der Waals surface area contributed by atoms with E-state index >= 15 is 0 Å². The molecular weight excluding hydrogens is 204 g/mol. The van der Waals surface area contributed by atoms with E-state index in [1.54, 1.807) is 12.1 Å². The third-order valence-corrected chi connectivity index (χ3v) is 2.62. The Morgan fingerprint density at radius 3 is 3.06 bits per heavy atom. The quantitative estimate of drug-likeness (QED) is 0.768. The summed E-state index contributed by atoms with van der Waals surface area (Å²) in [4.78, 5) is 11.0. The van der Waals surface area contributed by atoms with E-state index in [9.17, 15) is 4.79 Å². The summed E-state index contributed by atoms with van der Waals surface area (Å²) in [7, 11) is 0. The van der Waals surface area contributed by atoms with Gasteiger partial charge in [-0.05, 0) is 30.5 Å². The average Bonchev–Trinajstić information content (AvgIpc) is 2.29. The van der Waals surface area contributed by atoms with Gasteiger partial charge in [0.1, 0.15) is 5.75 Å². The Balaban J connectivity index is 2.52. The standard InChI is InChI=1S/C13H12O3/c1-2-4-9-7-11(13(14)15)8-10-5-3-6-16-12(9)10/h1,7-8H,3-6H2,(H,14,15). The van der Waals surface area contributed by atoms with Gasteiger partial charge in [0.2, 0.25) is 0 Å². The van der Waals surface area contributed by atoms with Gasteiger partial charge in [0.05, 0.1) is 12.2 Å². The van der Waals surface area contributed by atoms with Crippen LogP contribution < -0.4 is 4.74 Å². The molecule has 2 rings (SSSR count). The van der Waals surface area contributed by atoms with Gasteiger partial charge in [0.25, 0.3) is 0 Å². The fourth-order valence-electron chi connectivity index (χ4n) is 1.93. The summed E-state index contributed by atoms with van der Waals surface area (Å²) in [6.45, 7) is 0.678. The van der Waals surface area contributed by atoms with Gasteiger partial charge < -0.3 is 9.84 Å². The second-order valence-electron chi connectivity index (χ2n) is 3.76. The van der Waals surface area contributed by atoms with Crippen LogP contribution in [0, 0.1) is 12.3 Å². The Morgan fingerprint density at radius 2 is 2.38 bits per heavy atom. The third-order valence-electron chi connectivity index (χ3n) is 2.62. The number of aromatic carboxylic acids is 1. The molecule has 1 heterocycles. The molecule has 1 aromatic rings. The van der Waals surface area contributed by atoms with Crippen molar-refractivity contribution in [1.29, 1.82) is 0 Å². The molecule has 1 aliphatic rings. The summed E-state index contributed by atoms with van der Waals surface area (Å²) < 4.78 is 5.55. The molecule has 0 saturated heterocycles. The molecule has 0 radical (unpaired) electrons. The molecule has 0 fully saturated rings. The minimum Gasteiger partial charge on any atom is -0.493 e. The fourth-order valence-corrected chi connectivity index (χ4v) is 1.93. The van der Waals surface area contributed by atoms with E-state index in [0.29, 0.717) is 13.0 Å². The highest BCUT2D eigenvalue weighted by Crippen LogP contribution is 2.30. The van der Waals surface area contributed by atoms with Gasteiger partial charge in [0.15, 0.2) is 0 Å². The predicted octanol–water partition coefficient (Wildman–Crippen LogP) is 1.89. The highest BCUT2D eigenvalue weighted by Gasteiger charge is 2.17. The van der Waals surface area contributed by atoms with Gasteiger partial charge in [-0.25, -0.2) is 4.79 Å². The lowest BCUT2D eigenvalue weighted by Crippen LogP contribution is -2.12. The SMILES string of the molecule is C#CCc1cc(C(=O)O)cc2c1OCCC2. The molecule has 0 aromatic heterocycles. The highest BCUT2D eigenvalue weighted by atomic mass is 16.5. The number of carbonyl (C=O) groups is 1. The van der Waals surface area contributed by atoms with Crippen molar-refractivity contribution >= 4 is 5.97 Å². The van der Waals surface area contributed by atoms with Crippen molar-refractivity contribution in [2.75, 3.05) is 6.61 Å². The summed E-state index contributed by atoms with van der Waals surface area (Å²) in [6.07, 6.45) is 7.45. The van der Waals surface area contributed by atoms with Crippen LogP contribution in [0.25, 0.3) is 0 Å². The first-order valence-corrected chi connectivity index (χ1v) is 5.17. The van der Waals surface area contributed by atoms with Gasteiger partial charge in [-0.15, -0.1) is 12.3 Å². The van der Waals surface area contributed by atoms with Crippen LogP contribution in [0.4, 0.5) is 0 Å². The largest absolute Gasteiger partial charge is 0.493 e. The number of carboxylic acid groups (broad SMARTS) is 1. The van der Waals surface area contributed by atoms with E-state index in [4.69, 9.17) is 16.3 Å². The molecule has 0 amide bonds. The number of benzene rings is 1. The molecule has 0 aliphatic carbocycles. The molecule has 1 aliphatic heterocycles. The first-order chi connectivity index (χ1) is 7.72. The van der Waals surface area contributed by atoms with E-state index in [1.165, 1.54) is 0 Å². The van der Waals surface area contributed by atoms with Gasteiger partial charge in [-0.1, -0.05) is 0 Å². The number of fused-ring (bicyclic) bond motifs is 1. The van der Waals surface area contributed by atoms with E-state index in [-0.39, 0.29) is 5.56 Å². The summed E-state index contributed by atoms with van der Waals surface area (Å²) >= 11 is 0. The predicted molar refractivity (Wildman–Crippen MR) is 59.8 cm³/mol. The maximum absolute atomic E-state index is 11.0. The van der Waals surface area contributed by atoms with Crippen molar-refractivity contribution in [3.05, 3.63) is 28.8 Å². The molecular formula is C13H12O3. The van der Waals surface area contributed by atoms with Gasteiger partial charge in [-0.2, -0.15) is 0 Å². The lowest BCUT2D eigenvalue weighted by Gasteiger charge is -2.20. The van der Waals surface area contributed by atoms with Crippen molar-refractivity contribution in [2.45, 2.75) is 19.3 Å². The third kappa shape index (κ3) is 1.87. The van der Waals surface area contributed by atoms with Crippen molar-refractivity contribution in [3.63, 3.8) is 0 Å². The lowest BCUT2D eigenvalue weighted by atomic mass is 9.97. The molecule has 1 aromatic carbocycles. The number of hydrogen-bond acceptors (Lipinski definition) is 2. The van der Waals surface area contributed by atoms with Crippen molar-refractivity contribution in [2.24, 2.45) is 0 Å². The van der Waals surface area contributed by atoms with Gasteiger partial charge in [0, 0.05) is 12.0 Å². The zero-order chi connectivity index (χ0) is 11.5. The van der Waals surface area contributed by atoms with Crippen molar-refractivity contribution in [3.8, 4) is 18.1 Å². The summed E-state index contributed by atoms with van der Waals surface area (Å²) in [6, 6.07) is 3.28. The Morgan fingerprint density at radius 1 is 1.56 bits per heavy atom. The van der Waals surface area contributed by atoms with E-state index in [1.807, 2.05) is 0 Å². The van der Waals surface area contributed by atoms with Crippen LogP contribution >= 0.6 is 0 Å². The number of hydrogen-bond donors (Lipinski definition) is 1. The summed E-state index contributed by atoms with van der Waals surface area (Å²) in [5.41, 5.74) is 2.04. The molecule has 0 spiro atoms. The summed E-state index contributed by atoms with van der Waals surface area (Å²) in [5.74, 6) is 2.39. The molecule has 16 heavy (non-hydrogen) atoms. The molecule has 0 saturated carbocycles. The minimum atomic E-state index is -0.924. The van der Waals surface area contributed by atoms with E-state index in [0.717, 1.165) is 29.7 Å². The first kappa shape index (κ1) is 10.6. The molecule has 0 bridgehead atoms. The maximum atomic E-state index is 11.0. The average molecular weight is 216 g/mol. The number of carboxylic acids is 1. The zero-order valence-corrected chi connectivity index (χ0v) is 8.82. The number of ether oxygens (including phenoxy) is 1. The lowest BCUT2D eigenvalue weighted by molar-refractivity contribution is 0.0696. The highest BCUT2D eigenvalue weighted by molar-refractivity contribution is 5.88. The van der Waals surface area contributed by atoms with Crippen LogP contribution in [0.3, 0.4) is 0 Å². The fraction of sp³-hybridized carbons (Fsp3) is 0.308. The molecule has 82 valence electrons. The smallest absolute Gasteiger partial charge is 0.335 e. The zero-order valence-electron chi connectivity index (χ0n) is 8.82. The van der Waals surface area contributed by atoms with Crippen LogP contribution in [0.1, 0.15) is 27.9 Å². The van der Waals surface area contributed by atoms with Gasteiger partial charge in [-0.3, -0.25) is 0 Å². The van der Waals surface area contributed by atoms with Crippen LogP contribution in [-0.2, 0) is 12.8 Å². The summed E-state index contributed by atoms with van der Waals surface area (Å²) in [5, 5.41) is 8.99. The molecule has 3 heteroatoms. The first-order valence-electron chi connectivity index (χ1n) is 5.17. The Kier molecular flexibility index (Phi) is 2.82. The Labute approximate surface area is 94.0 Å². The van der Waals surface area contributed by atoms with Crippen LogP contribution in [-0.4, -0.2) is 17.7 Å². The Hall–Kier alpha value is -1.95. The molecule has 0 unspecified atom stereocenters. The van der Waals surface area contributed by atoms with Gasteiger partial charge >= 0.3 is 5.97 Å². The second-order valence-corrected chi connectivity index (χ2v) is 3.76. The number of rotatable bonds is 2. The normalized spacial score (nSPS) is 13.4. The molecule has 0 atom stereocenters. The number of aryl methyl sites for hydroxylation is 1. The monoisotopic (exact) mass is 216 g/mol. The topological polar surface area (TPSA) is 46.5 Å². The van der Waals surface area contributed by atoms with Crippen LogP contribution in [0.15, 0.2) is 12.1 Å².